The molecule has 0 saturated carbocycles. The number of aliphatic imine (C=N–C) groups is 1. The minimum Gasteiger partial charge on any atom is -0.380 e. The van der Waals surface area contributed by atoms with Crippen LogP contribution in [0.4, 0.5) is 0 Å². The molecular formula is C19H32N4O2. The summed E-state index contributed by atoms with van der Waals surface area (Å²) in [5.74, 6) is 1.41. The lowest BCUT2D eigenvalue weighted by Gasteiger charge is -2.13. The Balaban J connectivity index is 2.31. The molecule has 140 valence electrons. The highest BCUT2D eigenvalue weighted by Gasteiger charge is 2.07. The smallest absolute Gasteiger partial charge is 0.253 e. The number of guanidine groups is 1. The Morgan fingerprint density at radius 1 is 1.16 bits per heavy atom. The van der Waals surface area contributed by atoms with Gasteiger partial charge >= 0.3 is 0 Å². The predicted molar refractivity (Wildman–Crippen MR) is 103 cm³/mol. The van der Waals surface area contributed by atoms with Gasteiger partial charge < -0.3 is 20.3 Å². The lowest BCUT2D eigenvalue weighted by Crippen LogP contribution is -2.38. The highest BCUT2D eigenvalue weighted by atomic mass is 16.5. The second kappa shape index (κ2) is 11.5. The van der Waals surface area contributed by atoms with E-state index in [0.29, 0.717) is 31.2 Å². The monoisotopic (exact) mass is 348 g/mol. The third kappa shape index (κ3) is 8.54. The predicted octanol–water partition coefficient (Wildman–Crippen LogP) is 2.12. The molecule has 6 nitrogen and oxygen atoms in total. The first-order valence-corrected chi connectivity index (χ1v) is 8.77. The number of carbonyl (C=O) groups is 1. The van der Waals surface area contributed by atoms with Crippen molar-refractivity contribution in [3.8, 4) is 0 Å². The Morgan fingerprint density at radius 2 is 1.84 bits per heavy atom. The first-order valence-electron chi connectivity index (χ1n) is 8.77. The molecule has 0 saturated heterocycles. The molecule has 0 aliphatic heterocycles. The van der Waals surface area contributed by atoms with Crippen molar-refractivity contribution in [1.29, 1.82) is 0 Å². The van der Waals surface area contributed by atoms with Crippen LogP contribution < -0.4 is 10.6 Å². The fourth-order valence-corrected chi connectivity index (χ4v) is 2.09. The van der Waals surface area contributed by atoms with E-state index in [9.17, 15) is 4.79 Å². The van der Waals surface area contributed by atoms with Crippen molar-refractivity contribution >= 4 is 11.9 Å². The maximum atomic E-state index is 11.9. The molecule has 0 aliphatic rings. The minimum atomic E-state index is 0.00875. The molecule has 0 aromatic heterocycles. The van der Waals surface area contributed by atoms with Gasteiger partial charge in [-0.2, -0.15) is 0 Å². The van der Waals surface area contributed by atoms with Crippen molar-refractivity contribution in [3.63, 3.8) is 0 Å². The maximum absolute atomic E-state index is 11.9. The molecule has 0 radical (unpaired) electrons. The van der Waals surface area contributed by atoms with Crippen molar-refractivity contribution in [2.24, 2.45) is 10.9 Å². The average molecular weight is 348 g/mol. The highest BCUT2D eigenvalue weighted by molar-refractivity contribution is 5.93. The van der Waals surface area contributed by atoms with Crippen LogP contribution >= 0.6 is 0 Å². The first kappa shape index (κ1) is 21.0. The van der Waals surface area contributed by atoms with Crippen LogP contribution in [-0.2, 0) is 11.3 Å². The lowest BCUT2D eigenvalue weighted by molar-refractivity contribution is 0.0827. The van der Waals surface area contributed by atoms with E-state index >= 15 is 0 Å². The van der Waals surface area contributed by atoms with Gasteiger partial charge in [0.2, 0.25) is 0 Å². The zero-order valence-corrected chi connectivity index (χ0v) is 16.1. The second-order valence-electron chi connectivity index (χ2n) is 6.54. The summed E-state index contributed by atoms with van der Waals surface area (Å²) in [6, 6.07) is 7.59. The molecule has 1 rings (SSSR count). The largest absolute Gasteiger partial charge is 0.380 e. The summed E-state index contributed by atoms with van der Waals surface area (Å²) in [4.78, 5) is 17.6. The van der Waals surface area contributed by atoms with Gasteiger partial charge in [-0.25, -0.2) is 0 Å². The topological polar surface area (TPSA) is 66.0 Å². The third-order valence-corrected chi connectivity index (χ3v) is 3.67. The molecule has 0 spiro atoms. The summed E-state index contributed by atoms with van der Waals surface area (Å²) in [7, 11) is 5.24. The summed E-state index contributed by atoms with van der Waals surface area (Å²) in [5.41, 5.74) is 1.78. The zero-order chi connectivity index (χ0) is 18.7. The van der Waals surface area contributed by atoms with Crippen LogP contribution in [0.15, 0.2) is 29.3 Å². The zero-order valence-electron chi connectivity index (χ0n) is 16.1. The van der Waals surface area contributed by atoms with Crippen molar-refractivity contribution in [3.05, 3.63) is 35.4 Å². The van der Waals surface area contributed by atoms with Gasteiger partial charge in [-0.3, -0.25) is 9.79 Å². The van der Waals surface area contributed by atoms with Gasteiger partial charge in [-0.15, -0.1) is 0 Å². The summed E-state index contributed by atoms with van der Waals surface area (Å²) in [6.07, 6.45) is 1.08. The van der Waals surface area contributed by atoms with E-state index in [0.717, 1.165) is 24.6 Å². The quantitative estimate of drug-likeness (QED) is 0.408. The summed E-state index contributed by atoms with van der Waals surface area (Å²) in [6.45, 7) is 7.20. The van der Waals surface area contributed by atoms with Crippen LogP contribution in [0.25, 0.3) is 0 Å². The summed E-state index contributed by atoms with van der Waals surface area (Å²) >= 11 is 0. The second-order valence-corrected chi connectivity index (χ2v) is 6.54. The molecule has 1 amide bonds. The van der Waals surface area contributed by atoms with Crippen LogP contribution in [-0.4, -0.2) is 57.7 Å². The van der Waals surface area contributed by atoms with Crippen molar-refractivity contribution in [2.45, 2.75) is 26.8 Å². The number of hydrogen-bond acceptors (Lipinski definition) is 3. The molecule has 0 aliphatic carbocycles. The fourth-order valence-electron chi connectivity index (χ4n) is 2.09. The van der Waals surface area contributed by atoms with E-state index in [2.05, 4.69) is 29.5 Å². The molecule has 1 aromatic rings. The molecule has 0 fully saturated rings. The van der Waals surface area contributed by atoms with Crippen LogP contribution in [0.2, 0.25) is 0 Å². The van der Waals surface area contributed by atoms with Gasteiger partial charge in [-0.1, -0.05) is 26.0 Å². The van der Waals surface area contributed by atoms with Gasteiger partial charge in [0.25, 0.3) is 5.91 Å². The normalized spacial score (nSPS) is 11.5. The van der Waals surface area contributed by atoms with E-state index in [4.69, 9.17) is 4.74 Å². The molecular weight excluding hydrogens is 316 g/mol. The number of ether oxygens (including phenoxy) is 1. The lowest BCUT2D eigenvalue weighted by atomic mass is 10.1. The van der Waals surface area contributed by atoms with E-state index in [-0.39, 0.29) is 5.91 Å². The molecule has 0 heterocycles. The van der Waals surface area contributed by atoms with E-state index in [1.807, 2.05) is 24.3 Å². The molecule has 0 atom stereocenters. The van der Waals surface area contributed by atoms with Gasteiger partial charge in [0.1, 0.15) is 0 Å². The standard InChI is InChI=1S/C19H32N4O2/c1-15(2)10-12-25-13-11-21-19(20-3)22-14-16-6-8-17(9-7-16)18(24)23(4)5/h6-9,15H,10-14H2,1-5H3,(H2,20,21,22). The molecule has 0 bridgehead atoms. The molecule has 25 heavy (non-hydrogen) atoms. The Morgan fingerprint density at radius 3 is 2.40 bits per heavy atom. The average Bonchev–Trinajstić information content (AvgIpc) is 2.60. The first-order chi connectivity index (χ1) is 11.9. The van der Waals surface area contributed by atoms with Crippen LogP contribution in [0, 0.1) is 5.92 Å². The number of benzene rings is 1. The number of nitrogens with one attached hydrogen (secondary N) is 2. The highest BCUT2D eigenvalue weighted by Crippen LogP contribution is 2.06. The van der Waals surface area contributed by atoms with Crippen LogP contribution in [0.3, 0.4) is 0 Å². The van der Waals surface area contributed by atoms with Gasteiger partial charge in [0, 0.05) is 46.4 Å². The number of carbonyl (C=O) groups excluding carboxylic acids is 1. The van der Waals surface area contributed by atoms with Gasteiger partial charge in [0.05, 0.1) is 6.61 Å². The molecule has 0 unspecified atom stereocenters. The Kier molecular flexibility index (Phi) is 9.62. The summed E-state index contributed by atoms with van der Waals surface area (Å²) in [5, 5.41) is 6.48. The van der Waals surface area contributed by atoms with E-state index in [1.54, 1.807) is 26.0 Å². The molecule has 2 N–H and O–H groups in total. The van der Waals surface area contributed by atoms with Crippen LogP contribution in [0.1, 0.15) is 36.2 Å². The van der Waals surface area contributed by atoms with E-state index in [1.165, 1.54) is 0 Å². The van der Waals surface area contributed by atoms with Crippen molar-refractivity contribution in [2.75, 3.05) is 40.9 Å². The van der Waals surface area contributed by atoms with Gasteiger partial charge in [-0.05, 0) is 30.0 Å². The Labute approximate surface area is 151 Å². The van der Waals surface area contributed by atoms with Crippen molar-refractivity contribution < 1.29 is 9.53 Å². The van der Waals surface area contributed by atoms with Crippen LogP contribution in [0.5, 0.6) is 0 Å². The SMILES string of the molecule is CN=C(NCCOCCC(C)C)NCc1ccc(C(=O)N(C)C)cc1. The Bertz CT molecular complexity index is 539. The maximum Gasteiger partial charge on any atom is 0.253 e. The van der Waals surface area contributed by atoms with E-state index < -0.39 is 0 Å². The third-order valence-electron chi connectivity index (χ3n) is 3.67. The fraction of sp³-hybridized carbons (Fsp3) is 0.579. The Hall–Kier alpha value is -2.08. The minimum absolute atomic E-state index is 0.00875. The molecule has 6 heteroatoms. The van der Waals surface area contributed by atoms with Crippen molar-refractivity contribution in [1.82, 2.24) is 15.5 Å². The number of nitrogens with zero attached hydrogens (tertiary/aromatic N) is 2. The number of rotatable bonds is 9. The molecule has 1 aromatic carbocycles. The van der Waals surface area contributed by atoms with Gasteiger partial charge in [0.15, 0.2) is 5.96 Å². The summed E-state index contributed by atoms with van der Waals surface area (Å²) < 4.78 is 5.58. The number of amides is 1. The number of hydrogen-bond donors (Lipinski definition) is 2.